The molecule has 0 aliphatic carbocycles. The summed E-state index contributed by atoms with van der Waals surface area (Å²) in [4.78, 5) is 6.83. The summed E-state index contributed by atoms with van der Waals surface area (Å²) < 4.78 is 2.23. The minimum Gasteiger partial charge on any atom is -0.332 e. The van der Waals surface area contributed by atoms with Gasteiger partial charge in [-0.15, -0.1) is 0 Å². The number of para-hydroxylation sites is 3. The Kier molecular flexibility index (Phi) is 3.50. The Bertz CT molecular complexity index is 884. The molecule has 1 aliphatic heterocycles. The van der Waals surface area contributed by atoms with Gasteiger partial charge in [0, 0.05) is 18.8 Å². The maximum absolute atomic E-state index is 5.65. The van der Waals surface area contributed by atoms with E-state index in [4.69, 9.17) is 17.2 Å². The number of anilines is 2. The van der Waals surface area contributed by atoms with Crippen LogP contribution in [0.1, 0.15) is 12.5 Å². The summed E-state index contributed by atoms with van der Waals surface area (Å²) >= 11 is 5.65. The van der Waals surface area contributed by atoms with Crippen molar-refractivity contribution in [2.24, 2.45) is 0 Å². The van der Waals surface area contributed by atoms with Crippen LogP contribution >= 0.6 is 12.2 Å². The van der Waals surface area contributed by atoms with Crippen molar-refractivity contribution < 1.29 is 0 Å². The zero-order valence-electron chi connectivity index (χ0n) is 13.0. The molecular formula is C18H18N4S. The Morgan fingerprint density at radius 2 is 1.91 bits per heavy atom. The summed E-state index contributed by atoms with van der Waals surface area (Å²) in [6.45, 7) is 3.92. The SMILES string of the molecule is CCc1ccccc1NC(=S)N1CCn2c1nc1ccccc12. The molecule has 4 nitrogen and oxygen atoms in total. The van der Waals surface area contributed by atoms with Gasteiger partial charge in [-0.25, -0.2) is 4.98 Å². The molecule has 0 unspecified atom stereocenters. The van der Waals surface area contributed by atoms with Crippen LogP contribution in [0.15, 0.2) is 48.5 Å². The van der Waals surface area contributed by atoms with Gasteiger partial charge in [-0.1, -0.05) is 37.3 Å². The fraction of sp³-hybridized carbons (Fsp3) is 0.222. The van der Waals surface area contributed by atoms with E-state index in [2.05, 4.69) is 46.0 Å². The van der Waals surface area contributed by atoms with E-state index in [1.165, 1.54) is 11.1 Å². The summed E-state index contributed by atoms with van der Waals surface area (Å²) in [5.41, 5.74) is 4.53. The molecule has 0 bridgehead atoms. The van der Waals surface area contributed by atoms with Crippen LogP contribution < -0.4 is 10.2 Å². The van der Waals surface area contributed by atoms with E-state index in [0.29, 0.717) is 5.11 Å². The lowest BCUT2D eigenvalue weighted by Crippen LogP contribution is -2.33. The summed E-state index contributed by atoms with van der Waals surface area (Å²) in [5.74, 6) is 0.928. The van der Waals surface area contributed by atoms with Crippen LogP contribution in [0.5, 0.6) is 0 Å². The molecule has 0 atom stereocenters. The van der Waals surface area contributed by atoms with Gasteiger partial charge in [-0.2, -0.15) is 0 Å². The topological polar surface area (TPSA) is 33.1 Å². The lowest BCUT2D eigenvalue weighted by molar-refractivity contribution is 0.829. The predicted octanol–water partition coefficient (Wildman–Crippen LogP) is 3.82. The van der Waals surface area contributed by atoms with E-state index in [1.807, 2.05) is 24.3 Å². The number of fused-ring (bicyclic) bond motifs is 3. The standard InChI is InChI=1S/C18H18N4S/c1-2-13-7-3-4-8-14(13)20-18(23)22-12-11-21-16-10-6-5-9-15(16)19-17(21)22/h3-10H,2,11-12H2,1H3,(H,20,23). The van der Waals surface area contributed by atoms with Gasteiger partial charge in [-0.05, 0) is 42.4 Å². The van der Waals surface area contributed by atoms with Crippen LogP contribution in [0.3, 0.4) is 0 Å². The number of benzene rings is 2. The molecule has 0 fully saturated rings. The highest BCUT2D eigenvalue weighted by atomic mass is 32.1. The third-order valence-electron chi connectivity index (χ3n) is 4.31. The smallest absolute Gasteiger partial charge is 0.213 e. The Hall–Kier alpha value is -2.40. The van der Waals surface area contributed by atoms with E-state index >= 15 is 0 Å². The minimum atomic E-state index is 0.708. The molecule has 1 aromatic heterocycles. The number of thiocarbonyl (C=S) groups is 1. The maximum atomic E-state index is 5.65. The second kappa shape index (κ2) is 5.66. The van der Waals surface area contributed by atoms with Crippen molar-refractivity contribution in [1.82, 2.24) is 9.55 Å². The van der Waals surface area contributed by atoms with Gasteiger partial charge in [0.1, 0.15) is 0 Å². The lowest BCUT2D eigenvalue weighted by Gasteiger charge is -2.19. The molecule has 116 valence electrons. The number of hydrogen-bond acceptors (Lipinski definition) is 2. The molecule has 1 N–H and O–H groups in total. The Morgan fingerprint density at radius 3 is 2.78 bits per heavy atom. The summed E-state index contributed by atoms with van der Waals surface area (Å²) in [7, 11) is 0. The first-order chi connectivity index (χ1) is 11.3. The molecule has 23 heavy (non-hydrogen) atoms. The first kappa shape index (κ1) is 14.2. The van der Waals surface area contributed by atoms with E-state index < -0.39 is 0 Å². The van der Waals surface area contributed by atoms with Crippen molar-refractivity contribution in [3.63, 3.8) is 0 Å². The monoisotopic (exact) mass is 322 g/mol. The van der Waals surface area contributed by atoms with Crippen molar-refractivity contribution in [2.75, 3.05) is 16.8 Å². The highest BCUT2D eigenvalue weighted by Crippen LogP contribution is 2.28. The molecule has 2 heterocycles. The number of nitrogens with zero attached hydrogens (tertiary/aromatic N) is 3. The van der Waals surface area contributed by atoms with Gasteiger partial charge in [0.05, 0.1) is 11.0 Å². The van der Waals surface area contributed by atoms with Crippen molar-refractivity contribution >= 4 is 40.0 Å². The summed E-state index contributed by atoms with van der Waals surface area (Å²) in [6, 6.07) is 16.5. The number of aryl methyl sites for hydroxylation is 1. The Labute approximate surface area is 140 Å². The molecule has 0 amide bonds. The van der Waals surface area contributed by atoms with Gasteiger partial charge >= 0.3 is 0 Å². The fourth-order valence-electron chi connectivity index (χ4n) is 3.11. The van der Waals surface area contributed by atoms with Crippen LogP contribution in [0.2, 0.25) is 0 Å². The van der Waals surface area contributed by atoms with Crippen molar-refractivity contribution in [1.29, 1.82) is 0 Å². The van der Waals surface area contributed by atoms with Crippen molar-refractivity contribution in [2.45, 2.75) is 19.9 Å². The van der Waals surface area contributed by atoms with Crippen molar-refractivity contribution in [3.8, 4) is 0 Å². The molecule has 0 saturated carbocycles. The molecule has 4 rings (SSSR count). The largest absolute Gasteiger partial charge is 0.332 e. The van der Waals surface area contributed by atoms with Gasteiger partial charge in [-0.3, -0.25) is 4.90 Å². The van der Waals surface area contributed by atoms with E-state index in [9.17, 15) is 0 Å². The molecule has 0 saturated heterocycles. The number of imidazole rings is 1. The van der Waals surface area contributed by atoms with Crippen LogP contribution in [-0.2, 0) is 13.0 Å². The average Bonchev–Trinajstić information content (AvgIpc) is 3.14. The van der Waals surface area contributed by atoms with Crippen LogP contribution in [0, 0.1) is 0 Å². The number of rotatable bonds is 2. The predicted molar refractivity (Wildman–Crippen MR) is 99.1 cm³/mol. The molecule has 5 heteroatoms. The van der Waals surface area contributed by atoms with Crippen molar-refractivity contribution in [3.05, 3.63) is 54.1 Å². The van der Waals surface area contributed by atoms with Gasteiger partial charge in [0.15, 0.2) is 5.11 Å². The van der Waals surface area contributed by atoms with Gasteiger partial charge in [0.25, 0.3) is 0 Å². The zero-order valence-corrected chi connectivity index (χ0v) is 13.8. The molecule has 2 aromatic carbocycles. The highest BCUT2D eigenvalue weighted by Gasteiger charge is 2.26. The molecule has 0 spiro atoms. The maximum Gasteiger partial charge on any atom is 0.213 e. The number of aromatic nitrogens is 2. The first-order valence-electron chi connectivity index (χ1n) is 7.89. The van der Waals surface area contributed by atoms with Gasteiger partial charge < -0.3 is 9.88 Å². The van der Waals surface area contributed by atoms with E-state index in [0.717, 1.165) is 36.7 Å². The molecule has 1 aliphatic rings. The third kappa shape index (κ3) is 2.37. The van der Waals surface area contributed by atoms with E-state index in [-0.39, 0.29) is 0 Å². The summed E-state index contributed by atoms with van der Waals surface area (Å²) in [5, 5.41) is 4.10. The fourth-order valence-corrected chi connectivity index (χ4v) is 3.40. The van der Waals surface area contributed by atoms with Crippen LogP contribution in [0.25, 0.3) is 11.0 Å². The zero-order chi connectivity index (χ0) is 15.8. The average molecular weight is 322 g/mol. The van der Waals surface area contributed by atoms with Crippen LogP contribution in [0.4, 0.5) is 11.6 Å². The number of hydrogen-bond donors (Lipinski definition) is 1. The lowest BCUT2D eigenvalue weighted by atomic mass is 10.1. The second-order valence-electron chi connectivity index (χ2n) is 5.64. The van der Waals surface area contributed by atoms with Gasteiger partial charge in [0.2, 0.25) is 5.95 Å². The first-order valence-corrected chi connectivity index (χ1v) is 8.30. The summed E-state index contributed by atoms with van der Waals surface area (Å²) in [6.07, 6.45) is 0.976. The molecular weight excluding hydrogens is 304 g/mol. The third-order valence-corrected chi connectivity index (χ3v) is 4.63. The minimum absolute atomic E-state index is 0.708. The molecule has 0 radical (unpaired) electrons. The second-order valence-corrected chi connectivity index (χ2v) is 6.03. The quantitative estimate of drug-likeness (QED) is 0.727. The Morgan fingerprint density at radius 1 is 1.13 bits per heavy atom. The van der Waals surface area contributed by atoms with Crippen LogP contribution in [-0.4, -0.2) is 21.2 Å². The Balaban J connectivity index is 1.64. The number of nitrogens with one attached hydrogen (secondary N) is 1. The highest BCUT2D eigenvalue weighted by molar-refractivity contribution is 7.80. The van der Waals surface area contributed by atoms with E-state index in [1.54, 1.807) is 0 Å². The normalized spacial score (nSPS) is 13.3. The molecule has 3 aromatic rings.